The third-order valence-electron chi connectivity index (χ3n) is 4.52. The molecule has 0 bridgehead atoms. The second-order valence-electron chi connectivity index (χ2n) is 8.51. The Bertz CT molecular complexity index is 760. The van der Waals surface area contributed by atoms with Crippen LogP contribution in [-0.2, 0) is 14.3 Å². The van der Waals surface area contributed by atoms with Crippen molar-refractivity contribution in [1.29, 1.82) is 0 Å². The number of hydrogen-bond acceptors (Lipinski definition) is 5. The van der Waals surface area contributed by atoms with E-state index < -0.39 is 23.1 Å². The second-order valence-corrected chi connectivity index (χ2v) is 8.51. The Morgan fingerprint density at radius 3 is 2.54 bits per heavy atom. The molecule has 0 aromatic heterocycles. The van der Waals surface area contributed by atoms with Crippen LogP contribution in [0, 0.1) is 11.3 Å². The molecule has 1 aromatic rings. The van der Waals surface area contributed by atoms with E-state index in [9.17, 15) is 14.7 Å². The number of Topliss-reactive ketones (excluding diaryl/α,β-unsaturated/α-hetero) is 1. The molecule has 0 fully saturated rings. The maximum atomic E-state index is 13.1. The molecular weight excluding hydrogens is 358 g/mol. The first-order valence-corrected chi connectivity index (χ1v) is 9.58. The summed E-state index contributed by atoms with van der Waals surface area (Å²) in [5.41, 5.74) is 0.127. The number of carbonyl (C=O) groups is 2. The van der Waals surface area contributed by atoms with E-state index in [0.29, 0.717) is 24.9 Å². The van der Waals surface area contributed by atoms with Crippen LogP contribution in [0.5, 0.6) is 5.75 Å². The van der Waals surface area contributed by atoms with Gasteiger partial charge in [0.2, 0.25) is 0 Å². The fourth-order valence-electron chi connectivity index (χ4n) is 3.09. The summed E-state index contributed by atoms with van der Waals surface area (Å²) >= 11 is 0. The Balaban J connectivity index is 2.49. The second kappa shape index (κ2) is 8.78. The van der Waals surface area contributed by atoms with Crippen LogP contribution >= 0.6 is 0 Å². The molecule has 1 atom stereocenters. The van der Waals surface area contributed by atoms with Crippen LogP contribution in [-0.4, -0.2) is 48.6 Å². The zero-order valence-corrected chi connectivity index (χ0v) is 17.6. The summed E-state index contributed by atoms with van der Waals surface area (Å²) in [6.45, 7) is 10.6. The topological polar surface area (TPSA) is 76.1 Å². The number of aliphatic hydroxyl groups is 1. The number of rotatable bonds is 8. The van der Waals surface area contributed by atoms with E-state index in [1.54, 1.807) is 27.9 Å². The Morgan fingerprint density at radius 1 is 1.29 bits per heavy atom. The number of methoxy groups -OCH3 is 1. The lowest BCUT2D eigenvalue weighted by Crippen LogP contribution is -2.35. The summed E-state index contributed by atoms with van der Waals surface area (Å²) in [5, 5.41) is 10.5. The fourth-order valence-corrected chi connectivity index (χ4v) is 3.09. The third kappa shape index (κ3) is 4.73. The van der Waals surface area contributed by atoms with Crippen molar-refractivity contribution >= 4 is 11.7 Å². The van der Waals surface area contributed by atoms with Crippen molar-refractivity contribution in [3.8, 4) is 5.75 Å². The molecule has 0 spiro atoms. The molecule has 0 saturated heterocycles. The van der Waals surface area contributed by atoms with Crippen LogP contribution in [0.4, 0.5) is 0 Å². The highest BCUT2D eigenvalue weighted by Gasteiger charge is 2.45. The van der Waals surface area contributed by atoms with Gasteiger partial charge >= 0.3 is 0 Å². The fraction of sp³-hybridized carbons (Fsp3) is 0.545. The largest absolute Gasteiger partial charge is 0.503 e. The number of ether oxygens (including phenoxy) is 2. The van der Waals surface area contributed by atoms with Crippen LogP contribution in [0.3, 0.4) is 0 Å². The summed E-state index contributed by atoms with van der Waals surface area (Å²) < 4.78 is 10.9. The monoisotopic (exact) mass is 389 g/mol. The van der Waals surface area contributed by atoms with Crippen molar-refractivity contribution in [3.63, 3.8) is 0 Å². The van der Waals surface area contributed by atoms with Crippen LogP contribution in [0.2, 0.25) is 0 Å². The molecule has 1 heterocycles. The zero-order chi connectivity index (χ0) is 21.1. The molecule has 0 radical (unpaired) electrons. The number of carbonyl (C=O) groups excluding carboxylic acids is 2. The normalized spacial score (nSPS) is 17.6. The van der Waals surface area contributed by atoms with Gasteiger partial charge in [-0.2, -0.15) is 0 Å². The van der Waals surface area contributed by atoms with Crippen molar-refractivity contribution in [2.45, 2.75) is 40.7 Å². The standard InChI is InChI=1S/C22H31NO5/c1-14(2)13-28-16-9-7-8-15(12-16)18-17(20(25)22(3,4)5)19(24)21(26)23(18)10-11-27-6/h7-9,12,14,18,24H,10-11,13H2,1-6H3. The van der Waals surface area contributed by atoms with Gasteiger partial charge in [0.15, 0.2) is 11.5 Å². The first kappa shape index (κ1) is 22.0. The predicted molar refractivity (Wildman–Crippen MR) is 107 cm³/mol. The van der Waals surface area contributed by atoms with Gasteiger partial charge in [0, 0.05) is 19.1 Å². The molecule has 1 N–H and O–H groups in total. The van der Waals surface area contributed by atoms with Gasteiger partial charge < -0.3 is 19.5 Å². The van der Waals surface area contributed by atoms with Gasteiger partial charge in [-0.25, -0.2) is 0 Å². The Kier molecular flexibility index (Phi) is 6.88. The third-order valence-corrected chi connectivity index (χ3v) is 4.52. The summed E-state index contributed by atoms with van der Waals surface area (Å²) in [6, 6.07) is 6.68. The molecule has 6 heteroatoms. The lowest BCUT2D eigenvalue weighted by atomic mass is 9.82. The first-order chi connectivity index (χ1) is 13.1. The lowest BCUT2D eigenvalue weighted by molar-refractivity contribution is -0.130. The van der Waals surface area contributed by atoms with Crippen molar-refractivity contribution < 1.29 is 24.2 Å². The van der Waals surface area contributed by atoms with Gasteiger partial charge in [-0.15, -0.1) is 0 Å². The SMILES string of the molecule is COCCN1C(=O)C(O)=C(C(=O)C(C)(C)C)C1c1cccc(OCC(C)C)c1. The Hall–Kier alpha value is -2.34. The predicted octanol–water partition coefficient (Wildman–Crippen LogP) is 3.68. The molecule has 1 unspecified atom stereocenters. The van der Waals surface area contributed by atoms with Gasteiger partial charge in [0.05, 0.1) is 24.8 Å². The highest BCUT2D eigenvalue weighted by molar-refractivity contribution is 6.10. The van der Waals surface area contributed by atoms with Gasteiger partial charge in [-0.1, -0.05) is 46.8 Å². The number of hydrogen-bond donors (Lipinski definition) is 1. The number of benzene rings is 1. The van der Waals surface area contributed by atoms with Crippen molar-refractivity contribution in [3.05, 3.63) is 41.2 Å². The zero-order valence-electron chi connectivity index (χ0n) is 17.6. The number of amides is 1. The summed E-state index contributed by atoms with van der Waals surface area (Å²) in [4.78, 5) is 27.3. The molecular formula is C22H31NO5. The number of ketones is 1. The van der Waals surface area contributed by atoms with Gasteiger partial charge in [-0.05, 0) is 23.6 Å². The van der Waals surface area contributed by atoms with Crippen LogP contribution in [0.25, 0.3) is 0 Å². The lowest BCUT2D eigenvalue weighted by Gasteiger charge is -2.29. The Morgan fingerprint density at radius 2 is 1.96 bits per heavy atom. The van der Waals surface area contributed by atoms with E-state index in [-0.39, 0.29) is 17.9 Å². The molecule has 1 aromatic carbocycles. The molecule has 0 saturated carbocycles. The number of nitrogens with zero attached hydrogens (tertiary/aromatic N) is 1. The molecule has 28 heavy (non-hydrogen) atoms. The van der Waals surface area contributed by atoms with Crippen LogP contribution in [0.1, 0.15) is 46.2 Å². The maximum Gasteiger partial charge on any atom is 0.290 e. The minimum Gasteiger partial charge on any atom is -0.503 e. The van der Waals surface area contributed by atoms with Gasteiger partial charge in [0.1, 0.15) is 5.75 Å². The maximum absolute atomic E-state index is 13.1. The molecule has 1 aliphatic rings. The van der Waals surface area contributed by atoms with E-state index in [1.807, 2.05) is 24.3 Å². The van der Waals surface area contributed by atoms with Crippen molar-refractivity contribution in [2.24, 2.45) is 11.3 Å². The molecule has 1 aliphatic heterocycles. The molecule has 1 amide bonds. The molecule has 154 valence electrons. The van der Waals surface area contributed by atoms with E-state index in [0.717, 1.165) is 5.56 Å². The van der Waals surface area contributed by atoms with Crippen molar-refractivity contribution in [1.82, 2.24) is 4.90 Å². The van der Waals surface area contributed by atoms with Gasteiger partial charge in [-0.3, -0.25) is 9.59 Å². The molecule has 2 rings (SSSR count). The highest BCUT2D eigenvalue weighted by atomic mass is 16.5. The molecule has 0 aliphatic carbocycles. The van der Waals surface area contributed by atoms with Crippen LogP contribution < -0.4 is 4.74 Å². The average Bonchev–Trinajstić information content (AvgIpc) is 2.88. The summed E-state index contributed by atoms with van der Waals surface area (Å²) in [7, 11) is 1.55. The Labute approximate surface area is 167 Å². The van der Waals surface area contributed by atoms with Gasteiger partial charge in [0.25, 0.3) is 5.91 Å². The van der Waals surface area contributed by atoms with E-state index >= 15 is 0 Å². The minimum absolute atomic E-state index is 0.134. The first-order valence-electron chi connectivity index (χ1n) is 9.58. The smallest absolute Gasteiger partial charge is 0.290 e. The average molecular weight is 389 g/mol. The highest BCUT2D eigenvalue weighted by Crippen LogP contribution is 2.41. The van der Waals surface area contributed by atoms with E-state index in [2.05, 4.69) is 13.8 Å². The van der Waals surface area contributed by atoms with E-state index in [1.165, 1.54) is 4.90 Å². The van der Waals surface area contributed by atoms with E-state index in [4.69, 9.17) is 9.47 Å². The summed E-state index contributed by atoms with van der Waals surface area (Å²) in [5.74, 6) is -0.245. The summed E-state index contributed by atoms with van der Waals surface area (Å²) in [6.07, 6.45) is 0. The number of aliphatic hydroxyl groups excluding tert-OH is 1. The molecule has 6 nitrogen and oxygen atoms in total. The van der Waals surface area contributed by atoms with Crippen molar-refractivity contribution in [2.75, 3.05) is 26.9 Å². The minimum atomic E-state index is -0.731. The quantitative estimate of drug-likeness (QED) is 0.734. The van der Waals surface area contributed by atoms with Crippen LogP contribution in [0.15, 0.2) is 35.6 Å².